The van der Waals surface area contributed by atoms with E-state index in [2.05, 4.69) is 5.32 Å². The number of aliphatic hydroxyl groups excluding tert-OH is 1. The molecule has 2 rings (SSSR count). The normalized spacial score (nSPS) is 12.0. The van der Waals surface area contributed by atoms with E-state index in [1.165, 1.54) is 18.2 Å². The van der Waals surface area contributed by atoms with Gasteiger partial charge in [-0.15, -0.1) is 0 Å². The summed E-state index contributed by atoms with van der Waals surface area (Å²) in [7, 11) is 0. The lowest BCUT2D eigenvalue weighted by molar-refractivity contribution is 0.0915. The lowest BCUT2D eigenvalue weighted by Gasteiger charge is -2.14. The van der Waals surface area contributed by atoms with Crippen LogP contribution in [0.15, 0.2) is 36.4 Å². The zero-order valence-corrected chi connectivity index (χ0v) is 14.5. The van der Waals surface area contributed by atoms with Crippen LogP contribution in [0.25, 0.3) is 0 Å². The Hall–Kier alpha value is -1.47. The maximum absolute atomic E-state index is 13.0. The van der Waals surface area contributed by atoms with Crippen molar-refractivity contribution >= 4 is 28.5 Å². The van der Waals surface area contributed by atoms with Crippen LogP contribution in [0.1, 0.15) is 33.2 Å². The van der Waals surface area contributed by atoms with Crippen molar-refractivity contribution in [2.24, 2.45) is 0 Å². The molecule has 0 saturated heterocycles. The number of nitrogens with one attached hydrogen (secondary N) is 1. The number of aliphatic hydroxyl groups is 1. The number of hydrogen-bond donors (Lipinski definition) is 2. The molecule has 1 atom stereocenters. The van der Waals surface area contributed by atoms with Gasteiger partial charge in [0, 0.05) is 10.1 Å². The highest BCUT2D eigenvalue weighted by Gasteiger charge is 2.14. The van der Waals surface area contributed by atoms with Gasteiger partial charge in [-0.25, -0.2) is 4.39 Å². The van der Waals surface area contributed by atoms with Crippen molar-refractivity contribution in [2.75, 3.05) is 6.54 Å². The van der Waals surface area contributed by atoms with Crippen LogP contribution in [-0.4, -0.2) is 17.6 Å². The van der Waals surface area contributed by atoms with Crippen LogP contribution in [-0.2, 0) is 0 Å². The Labute approximate surface area is 142 Å². The molecule has 0 spiro atoms. The summed E-state index contributed by atoms with van der Waals surface area (Å²) < 4.78 is 13.6. The third-order valence-electron chi connectivity index (χ3n) is 3.26. The minimum atomic E-state index is -0.777. The summed E-state index contributed by atoms with van der Waals surface area (Å²) in [6.07, 6.45) is -0.777. The summed E-state index contributed by atoms with van der Waals surface area (Å²) >= 11 is 1.92. The largest absolute Gasteiger partial charge is 0.387 e. The Morgan fingerprint density at radius 3 is 2.45 bits per heavy atom. The van der Waals surface area contributed by atoms with Crippen molar-refractivity contribution < 1.29 is 14.3 Å². The zero-order valence-electron chi connectivity index (χ0n) is 12.4. The monoisotopic (exact) mass is 413 g/mol. The predicted molar refractivity (Wildman–Crippen MR) is 92.3 cm³/mol. The van der Waals surface area contributed by atoms with Crippen molar-refractivity contribution in [1.29, 1.82) is 0 Å². The van der Waals surface area contributed by atoms with Crippen LogP contribution in [0.5, 0.6) is 0 Å². The van der Waals surface area contributed by atoms with E-state index in [0.717, 1.165) is 16.7 Å². The smallest absolute Gasteiger partial charge is 0.252 e. The van der Waals surface area contributed by atoms with Gasteiger partial charge in [-0.3, -0.25) is 4.79 Å². The molecule has 5 heteroatoms. The summed E-state index contributed by atoms with van der Waals surface area (Å²) in [5.41, 5.74) is 3.29. The Bertz CT molecular complexity index is 683. The van der Waals surface area contributed by atoms with Gasteiger partial charge in [-0.1, -0.05) is 29.3 Å². The number of benzene rings is 2. The molecule has 0 aromatic heterocycles. The van der Waals surface area contributed by atoms with Gasteiger partial charge < -0.3 is 10.4 Å². The molecule has 1 amide bonds. The number of rotatable bonds is 4. The first-order valence-electron chi connectivity index (χ1n) is 6.86. The van der Waals surface area contributed by atoms with Crippen LogP contribution >= 0.6 is 22.6 Å². The van der Waals surface area contributed by atoms with Crippen LogP contribution in [0.2, 0.25) is 0 Å². The maximum Gasteiger partial charge on any atom is 0.252 e. The summed E-state index contributed by atoms with van der Waals surface area (Å²) in [6.45, 7) is 4.03. The van der Waals surface area contributed by atoms with Gasteiger partial charge in [0.25, 0.3) is 5.91 Å². The molecule has 0 aliphatic heterocycles. The molecule has 2 aromatic rings. The molecule has 0 bridgehead atoms. The lowest BCUT2D eigenvalue weighted by Crippen LogP contribution is -2.29. The molecule has 0 heterocycles. The molecule has 22 heavy (non-hydrogen) atoms. The molecule has 0 aliphatic carbocycles. The Balaban J connectivity index is 2.04. The molecule has 2 N–H and O–H groups in total. The molecule has 116 valence electrons. The molecule has 0 fully saturated rings. The van der Waals surface area contributed by atoms with Gasteiger partial charge in [-0.05, 0) is 60.2 Å². The first-order chi connectivity index (χ1) is 10.4. The van der Waals surface area contributed by atoms with Crippen molar-refractivity contribution in [3.05, 3.63) is 68.0 Å². The van der Waals surface area contributed by atoms with Crippen molar-refractivity contribution in [2.45, 2.75) is 20.0 Å². The minimum absolute atomic E-state index is 0.106. The van der Waals surface area contributed by atoms with E-state index in [9.17, 15) is 14.3 Å². The second kappa shape index (κ2) is 7.19. The second-order valence-electron chi connectivity index (χ2n) is 5.27. The molecular formula is C17H17FINO2. The van der Waals surface area contributed by atoms with Gasteiger partial charge in [0.15, 0.2) is 0 Å². The number of carbonyl (C=O) groups is 1. The van der Waals surface area contributed by atoms with Gasteiger partial charge in [0.1, 0.15) is 5.82 Å². The fraction of sp³-hybridized carbons (Fsp3) is 0.235. The van der Waals surface area contributed by atoms with E-state index in [4.69, 9.17) is 0 Å². The molecule has 0 aliphatic rings. The molecule has 2 aromatic carbocycles. The highest BCUT2D eigenvalue weighted by atomic mass is 127. The average Bonchev–Trinajstić information content (AvgIpc) is 2.43. The van der Waals surface area contributed by atoms with Gasteiger partial charge >= 0.3 is 0 Å². The van der Waals surface area contributed by atoms with Crippen LogP contribution in [0.4, 0.5) is 4.39 Å². The highest BCUT2D eigenvalue weighted by Crippen LogP contribution is 2.17. The first-order valence-corrected chi connectivity index (χ1v) is 7.94. The third kappa shape index (κ3) is 4.27. The molecular weight excluding hydrogens is 396 g/mol. The van der Waals surface area contributed by atoms with Crippen LogP contribution in [0.3, 0.4) is 0 Å². The second-order valence-corrected chi connectivity index (χ2v) is 6.43. The van der Waals surface area contributed by atoms with E-state index in [1.807, 2.05) is 54.6 Å². The highest BCUT2D eigenvalue weighted by molar-refractivity contribution is 14.1. The zero-order chi connectivity index (χ0) is 16.3. The number of hydrogen-bond acceptors (Lipinski definition) is 2. The van der Waals surface area contributed by atoms with Crippen LogP contribution in [0, 0.1) is 23.2 Å². The number of halogens is 2. The third-order valence-corrected chi connectivity index (χ3v) is 4.15. The fourth-order valence-electron chi connectivity index (χ4n) is 2.28. The number of aryl methyl sites for hydroxylation is 2. The number of amides is 1. The van der Waals surface area contributed by atoms with Gasteiger partial charge in [0.2, 0.25) is 0 Å². The maximum atomic E-state index is 13.0. The Morgan fingerprint density at radius 2 is 1.86 bits per heavy atom. The van der Waals surface area contributed by atoms with Gasteiger partial charge in [-0.2, -0.15) is 0 Å². The topological polar surface area (TPSA) is 49.3 Å². The Morgan fingerprint density at radius 1 is 1.23 bits per heavy atom. The lowest BCUT2D eigenvalue weighted by atomic mass is 10.0. The minimum Gasteiger partial charge on any atom is -0.387 e. The molecule has 0 radical (unpaired) electrons. The molecule has 0 unspecified atom stereocenters. The van der Waals surface area contributed by atoms with E-state index >= 15 is 0 Å². The fourth-order valence-corrected chi connectivity index (χ4v) is 3.00. The summed E-state index contributed by atoms with van der Waals surface area (Å²) in [5, 5.41) is 12.9. The van der Waals surface area contributed by atoms with Crippen molar-refractivity contribution in [3.8, 4) is 0 Å². The first kappa shape index (κ1) is 16.9. The van der Waals surface area contributed by atoms with Crippen LogP contribution < -0.4 is 5.32 Å². The van der Waals surface area contributed by atoms with Crippen molar-refractivity contribution in [1.82, 2.24) is 5.32 Å². The quantitative estimate of drug-likeness (QED) is 0.754. The SMILES string of the molecule is Cc1cc(C)cc([C@H](O)CNC(=O)c2ccc(F)cc2I)c1. The standard InChI is InChI=1S/C17H17FINO2/c1-10-5-11(2)7-12(6-10)16(21)9-20-17(22)14-4-3-13(18)8-15(14)19/h3-8,16,21H,9H2,1-2H3,(H,20,22)/t16-/m1/s1. The Kier molecular flexibility index (Phi) is 5.52. The summed E-state index contributed by atoms with van der Waals surface area (Å²) in [6, 6.07) is 9.80. The molecule has 0 saturated carbocycles. The summed E-state index contributed by atoms with van der Waals surface area (Å²) in [5.74, 6) is -0.705. The van der Waals surface area contributed by atoms with E-state index in [0.29, 0.717) is 9.13 Å². The summed E-state index contributed by atoms with van der Waals surface area (Å²) in [4.78, 5) is 12.1. The van der Waals surface area contributed by atoms with E-state index < -0.39 is 6.10 Å². The van der Waals surface area contributed by atoms with Crippen molar-refractivity contribution in [3.63, 3.8) is 0 Å². The molecule has 3 nitrogen and oxygen atoms in total. The average molecular weight is 413 g/mol. The number of carbonyl (C=O) groups excluding carboxylic acids is 1. The van der Waals surface area contributed by atoms with E-state index in [1.54, 1.807) is 0 Å². The predicted octanol–water partition coefficient (Wildman–Crippen LogP) is 3.51. The van der Waals surface area contributed by atoms with Gasteiger partial charge in [0.05, 0.1) is 11.7 Å². The van der Waals surface area contributed by atoms with E-state index in [-0.39, 0.29) is 18.3 Å².